The Morgan fingerprint density at radius 1 is 1.37 bits per heavy atom. The van der Waals surface area contributed by atoms with Crippen LogP contribution in [0.1, 0.15) is 31.9 Å². The van der Waals surface area contributed by atoms with Gasteiger partial charge in [-0.15, -0.1) is 0 Å². The van der Waals surface area contributed by atoms with Crippen LogP contribution in [0.4, 0.5) is 0 Å². The van der Waals surface area contributed by atoms with Crippen LogP contribution in [0.15, 0.2) is 24.3 Å². The van der Waals surface area contributed by atoms with Crippen LogP contribution >= 0.6 is 0 Å². The summed E-state index contributed by atoms with van der Waals surface area (Å²) in [5.41, 5.74) is 1.10. The Morgan fingerprint density at radius 3 is 2.63 bits per heavy atom. The monoisotopic (exact) mass is 264 g/mol. The molecule has 0 saturated heterocycles. The predicted molar refractivity (Wildman–Crippen MR) is 77.3 cm³/mol. The zero-order chi connectivity index (χ0) is 14.3. The minimum absolute atomic E-state index is 0.00481. The van der Waals surface area contributed by atoms with E-state index in [-0.39, 0.29) is 18.6 Å². The molecule has 4 nitrogen and oxygen atoms in total. The van der Waals surface area contributed by atoms with E-state index in [1.807, 2.05) is 38.2 Å². The molecule has 0 radical (unpaired) electrons. The first-order chi connectivity index (χ1) is 9.13. The van der Waals surface area contributed by atoms with Gasteiger partial charge < -0.3 is 15.0 Å². The van der Waals surface area contributed by atoms with Crippen LogP contribution in [0.25, 0.3) is 0 Å². The summed E-state index contributed by atoms with van der Waals surface area (Å²) in [7, 11) is 3.71. The number of amides is 1. The molecule has 1 aromatic carbocycles. The summed E-state index contributed by atoms with van der Waals surface area (Å²) in [6.07, 6.45) is 0.972. The van der Waals surface area contributed by atoms with Crippen LogP contribution < -0.4 is 10.1 Å². The van der Waals surface area contributed by atoms with Crippen molar-refractivity contribution in [2.45, 2.75) is 26.3 Å². The van der Waals surface area contributed by atoms with Crippen molar-refractivity contribution in [2.24, 2.45) is 0 Å². The normalized spacial score (nSPS) is 12.0. The molecule has 0 aromatic heterocycles. The molecule has 0 bridgehead atoms. The quantitative estimate of drug-likeness (QED) is 0.821. The molecule has 0 fully saturated rings. The Balaban J connectivity index is 2.75. The lowest BCUT2D eigenvalue weighted by molar-refractivity contribution is -0.131. The van der Waals surface area contributed by atoms with Crippen molar-refractivity contribution in [3.05, 3.63) is 29.8 Å². The standard InChI is InChI=1S/C15H24N2O2/c1-5-13(16-3)12-9-7-8-10-14(12)19-11-15(18)17(4)6-2/h7-10,13,16H,5-6,11H2,1-4H3. The molecule has 4 heteroatoms. The van der Waals surface area contributed by atoms with Crippen molar-refractivity contribution in [3.8, 4) is 5.75 Å². The fourth-order valence-corrected chi connectivity index (χ4v) is 1.91. The van der Waals surface area contributed by atoms with Crippen LogP contribution in [0.3, 0.4) is 0 Å². The zero-order valence-electron chi connectivity index (χ0n) is 12.3. The van der Waals surface area contributed by atoms with Crippen molar-refractivity contribution >= 4 is 5.91 Å². The summed E-state index contributed by atoms with van der Waals surface area (Å²) < 4.78 is 5.68. The van der Waals surface area contributed by atoms with E-state index in [1.54, 1.807) is 11.9 Å². The lowest BCUT2D eigenvalue weighted by atomic mass is 10.0. The van der Waals surface area contributed by atoms with Crippen LogP contribution in [0, 0.1) is 0 Å². The maximum Gasteiger partial charge on any atom is 0.260 e. The first-order valence-corrected chi connectivity index (χ1v) is 6.76. The van der Waals surface area contributed by atoms with Crippen molar-refractivity contribution < 1.29 is 9.53 Å². The minimum atomic E-state index is -0.00481. The number of rotatable bonds is 7. The van der Waals surface area contributed by atoms with Gasteiger partial charge in [0.2, 0.25) is 0 Å². The number of hydrogen-bond donors (Lipinski definition) is 1. The summed E-state index contributed by atoms with van der Waals surface area (Å²) >= 11 is 0. The second-order valence-corrected chi connectivity index (χ2v) is 4.48. The summed E-state index contributed by atoms with van der Waals surface area (Å²) in [4.78, 5) is 13.4. The molecule has 1 rings (SSSR count). The molecule has 1 unspecified atom stereocenters. The van der Waals surface area contributed by atoms with E-state index in [4.69, 9.17) is 4.74 Å². The highest BCUT2D eigenvalue weighted by Crippen LogP contribution is 2.26. The van der Waals surface area contributed by atoms with Gasteiger partial charge in [-0.3, -0.25) is 4.79 Å². The molecule has 106 valence electrons. The summed E-state index contributed by atoms with van der Waals surface area (Å²) in [6.45, 7) is 4.84. The number of nitrogens with one attached hydrogen (secondary N) is 1. The number of likely N-dealkylation sites (N-methyl/N-ethyl adjacent to an activating group) is 1. The first-order valence-electron chi connectivity index (χ1n) is 6.76. The number of hydrogen-bond acceptors (Lipinski definition) is 3. The van der Waals surface area contributed by atoms with E-state index in [1.165, 1.54) is 0 Å². The van der Waals surface area contributed by atoms with Gasteiger partial charge in [0.1, 0.15) is 5.75 Å². The average molecular weight is 264 g/mol. The summed E-state index contributed by atoms with van der Waals surface area (Å²) in [6, 6.07) is 8.11. The van der Waals surface area contributed by atoms with Crippen molar-refractivity contribution in [3.63, 3.8) is 0 Å². The Hall–Kier alpha value is -1.55. The molecule has 1 N–H and O–H groups in total. The lowest BCUT2D eigenvalue weighted by Crippen LogP contribution is -2.31. The molecular weight excluding hydrogens is 240 g/mol. The Kier molecular flexibility index (Phi) is 6.36. The average Bonchev–Trinajstić information content (AvgIpc) is 2.46. The molecule has 0 saturated carbocycles. The van der Waals surface area contributed by atoms with Crippen LogP contribution in [-0.2, 0) is 4.79 Å². The van der Waals surface area contributed by atoms with E-state index in [0.717, 1.165) is 17.7 Å². The van der Waals surface area contributed by atoms with E-state index in [9.17, 15) is 4.79 Å². The fraction of sp³-hybridized carbons (Fsp3) is 0.533. The molecule has 0 heterocycles. The molecule has 1 aromatic rings. The largest absolute Gasteiger partial charge is 0.483 e. The number of benzene rings is 1. The second kappa shape index (κ2) is 7.79. The van der Waals surface area contributed by atoms with Crippen LogP contribution in [-0.4, -0.2) is 38.1 Å². The zero-order valence-corrected chi connectivity index (χ0v) is 12.3. The maximum atomic E-state index is 11.8. The Morgan fingerprint density at radius 2 is 2.05 bits per heavy atom. The van der Waals surface area contributed by atoms with Crippen LogP contribution in [0.5, 0.6) is 5.75 Å². The van der Waals surface area contributed by atoms with Gasteiger partial charge in [0, 0.05) is 25.2 Å². The summed E-state index contributed by atoms with van der Waals surface area (Å²) in [5, 5.41) is 3.25. The maximum absolute atomic E-state index is 11.8. The highest BCUT2D eigenvalue weighted by molar-refractivity contribution is 5.77. The molecular formula is C15H24N2O2. The highest BCUT2D eigenvalue weighted by atomic mass is 16.5. The second-order valence-electron chi connectivity index (χ2n) is 4.48. The van der Waals surface area contributed by atoms with E-state index >= 15 is 0 Å². The third-order valence-corrected chi connectivity index (χ3v) is 3.30. The highest BCUT2D eigenvalue weighted by Gasteiger charge is 2.14. The van der Waals surface area contributed by atoms with Gasteiger partial charge >= 0.3 is 0 Å². The molecule has 0 aliphatic carbocycles. The van der Waals surface area contributed by atoms with Gasteiger partial charge in [-0.05, 0) is 26.5 Å². The molecule has 0 spiro atoms. The SMILES string of the molecule is CCC(NC)c1ccccc1OCC(=O)N(C)CC. The molecule has 19 heavy (non-hydrogen) atoms. The number of carbonyl (C=O) groups excluding carboxylic acids is 1. The molecule has 1 atom stereocenters. The number of carbonyl (C=O) groups is 1. The first kappa shape index (κ1) is 15.5. The van der Waals surface area contributed by atoms with Crippen molar-refractivity contribution in [2.75, 3.05) is 27.2 Å². The number of nitrogens with zero attached hydrogens (tertiary/aromatic N) is 1. The summed E-state index contributed by atoms with van der Waals surface area (Å²) in [5.74, 6) is 0.774. The van der Waals surface area contributed by atoms with Gasteiger partial charge in [-0.25, -0.2) is 0 Å². The molecule has 1 amide bonds. The Labute approximate surface area is 115 Å². The van der Waals surface area contributed by atoms with E-state index in [2.05, 4.69) is 12.2 Å². The Bertz CT molecular complexity index is 403. The smallest absolute Gasteiger partial charge is 0.260 e. The van der Waals surface area contributed by atoms with Crippen LogP contribution in [0.2, 0.25) is 0 Å². The van der Waals surface area contributed by atoms with Gasteiger partial charge in [-0.2, -0.15) is 0 Å². The number of para-hydroxylation sites is 1. The van der Waals surface area contributed by atoms with Gasteiger partial charge in [0.25, 0.3) is 5.91 Å². The van der Waals surface area contributed by atoms with E-state index < -0.39 is 0 Å². The molecule has 0 aliphatic heterocycles. The van der Waals surface area contributed by atoms with Crippen molar-refractivity contribution in [1.29, 1.82) is 0 Å². The predicted octanol–water partition coefficient (Wildman–Crippen LogP) is 2.21. The van der Waals surface area contributed by atoms with Gasteiger partial charge in [0.15, 0.2) is 6.61 Å². The van der Waals surface area contributed by atoms with Gasteiger partial charge in [0.05, 0.1) is 0 Å². The molecule has 0 aliphatic rings. The van der Waals surface area contributed by atoms with Gasteiger partial charge in [-0.1, -0.05) is 25.1 Å². The third-order valence-electron chi connectivity index (χ3n) is 3.30. The van der Waals surface area contributed by atoms with Crippen molar-refractivity contribution in [1.82, 2.24) is 10.2 Å². The lowest BCUT2D eigenvalue weighted by Gasteiger charge is -2.20. The fourth-order valence-electron chi connectivity index (χ4n) is 1.91. The number of ether oxygens (including phenoxy) is 1. The minimum Gasteiger partial charge on any atom is -0.483 e. The van der Waals surface area contributed by atoms with E-state index in [0.29, 0.717) is 6.54 Å². The topological polar surface area (TPSA) is 41.6 Å². The third kappa shape index (κ3) is 4.24.